The first-order valence-electron chi connectivity index (χ1n) is 6.79. The van der Waals surface area contributed by atoms with Crippen molar-refractivity contribution < 1.29 is 4.79 Å². The number of nitrogens with two attached hydrogens (primary N) is 1. The number of carbonyl (C=O) groups is 1. The van der Waals surface area contributed by atoms with E-state index in [1.165, 1.54) is 0 Å². The molecule has 100 valence electrons. The van der Waals surface area contributed by atoms with Gasteiger partial charge in [-0.05, 0) is 32.3 Å². The Bertz CT molecular complexity index is 427. The molecular weight excluding hydrogens is 228 g/mol. The van der Waals surface area contributed by atoms with Crippen molar-refractivity contribution in [3.63, 3.8) is 0 Å². The molecule has 18 heavy (non-hydrogen) atoms. The summed E-state index contributed by atoms with van der Waals surface area (Å²) in [4.78, 5) is 14.4. The fourth-order valence-electron chi connectivity index (χ4n) is 2.55. The lowest BCUT2D eigenvalue weighted by molar-refractivity contribution is 0.0728. The van der Waals surface area contributed by atoms with Crippen LogP contribution in [0.1, 0.15) is 42.9 Å². The van der Waals surface area contributed by atoms with Gasteiger partial charge in [-0.15, -0.1) is 0 Å². The van der Waals surface area contributed by atoms with E-state index in [-0.39, 0.29) is 11.9 Å². The number of rotatable bonds is 4. The summed E-state index contributed by atoms with van der Waals surface area (Å²) in [6.45, 7) is 6.15. The highest BCUT2D eigenvalue weighted by molar-refractivity contribution is 5.93. The summed E-state index contributed by atoms with van der Waals surface area (Å²) in [6.07, 6.45) is 2.92. The van der Waals surface area contributed by atoms with Gasteiger partial charge >= 0.3 is 0 Å². The standard InChI is InChI=1S/C13H22N4O/c1-3-10-8-12(17(4-2)15-10)13(18)16-7-5-6-11(16)9-14/h8,11H,3-7,9,14H2,1-2H3. The molecule has 0 bridgehead atoms. The number of hydrogen-bond acceptors (Lipinski definition) is 3. The van der Waals surface area contributed by atoms with Gasteiger partial charge in [-0.1, -0.05) is 6.92 Å². The van der Waals surface area contributed by atoms with E-state index in [2.05, 4.69) is 12.0 Å². The number of aryl methyl sites for hydroxylation is 2. The molecule has 1 unspecified atom stereocenters. The molecule has 0 saturated carbocycles. The average molecular weight is 250 g/mol. The molecule has 5 nitrogen and oxygen atoms in total. The number of likely N-dealkylation sites (tertiary alicyclic amines) is 1. The molecule has 2 N–H and O–H groups in total. The third-order valence-electron chi connectivity index (χ3n) is 3.62. The summed E-state index contributed by atoms with van der Waals surface area (Å²) in [5, 5.41) is 4.43. The molecule has 1 aromatic rings. The minimum absolute atomic E-state index is 0.0806. The van der Waals surface area contributed by atoms with Crippen LogP contribution in [0.3, 0.4) is 0 Å². The van der Waals surface area contributed by atoms with Crippen LogP contribution < -0.4 is 5.73 Å². The summed E-state index contributed by atoms with van der Waals surface area (Å²) in [7, 11) is 0. The zero-order valence-electron chi connectivity index (χ0n) is 11.2. The Morgan fingerprint density at radius 2 is 2.33 bits per heavy atom. The molecule has 1 aliphatic heterocycles. The van der Waals surface area contributed by atoms with Gasteiger partial charge < -0.3 is 10.6 Å². The summed E-state index contributed by atoms with van der Waals surface area (Å²) in [5.41, 5.74) is 7.40. The Morgan fingerprint density at radius 3 is 2.94 bits per heavy atom. The van der Waals surface area contributed by atoms with Crippen molar-refractivity contribution in [2.75, 3.05) is 13.1 Å². The first kappa shape index (κ1) is 13.1. The summed E-state index contributed by atoms with van der Waals surface area (Å²) < 4.78 is 1.80. The van der Waals surface area contributed by atoms with Gasteiger partial charge in [0.15, 0.2) is 0 Å². The molecular formula is C13H22N4O. The Kier molecular flexibility index (Phi) is 4.01. The van der Waals surface area contributed by atoms with Gasteiger partial charge in [0.1, 0.15) is 5.69 Å². The van der Waals surface area contributed by atoms with Gasteiger partial charge in [-0.25, -0.2) is 0 Å². The van der Waals surface area contributed by atoms with Crippen LogP contribution in [0.15, 0.2) is 6.07 Å². The molecule has 0 aromatic carbocycles. The number of nitrogens with zero attached hydrogens (tertiary/aromatic N) is 3. The van der Waals surface area contributed by atoms with Gasteiger partial charge in [0, 0.05) is 25.7 Å². The highest BCUT2D eigenvalue weighted by Crippen LogP contribution is 2.20. The largest absolute Gasteiger partial charge is 0.333 e. The number of amides is 1. The third kappa shape index (κ3) is 2.27. The lowest BCUT2D eigenvalue weighted by Crippen LogP contribution is -2.40. The fraction of sp³-hybridized carbons (Fsp3) is 0.692. The molecule has 1 atom stereocenters. The van der Waals surface area contributed by atoms with Crippen LogP contribution in [0.25, 0.3) is 0 Å². The van der Waals surface area contributed by atoms with Crippen LogP contribution in [-0.2, 0) is 13.0 Å². The van der Waals surface area contributed by atoms with Crippen LogP contribution in [-0.4, -0.2) is 39.7 Å². The molecule has 2 heterocycles. The molecule has 1 amide bonds. The predicted molar refractivity (Wildman–Crippen MR) is 70.4 cm³/mol. The second-order valence-electron chi connectivity index (χ2n) is 4.72. The first-order chi connectivity index (χ1) is 8.71. The van der Waals surface area contributed by atoms with Gasteiger partial charge in [0.2, 0.25) is 0 Å². The summed E-state index contributed by atoms with van der Waals surface area (Å²) >= 11 is 0. The maximum absolute atomic E-state index is 12.5. The van der Waals surface area contributed by atoms with Crippen molar-refractivity contribution in [3.05, 3.63) is 17.5 Å². The SMILES string of the molecule is CCc1cc(C(=O)N2CCCC2CN)n(CC)n1. The smallest absolute Gasteiger partial charge is 0.272 e. The van der Waals surface area contributed by atoms with Crippen LogP contribution in [0.2, 0.25) is 0 Å². The second kappa shape index (κ2) is 5.52. The minimum Gasteiger partial charge on any atom is -0.333 e. The fourth-order valence-corrected chi connectivity index (χ4v) is 2.55. The topological polar surface area (TPSA) is 64.2 Å². The second-order valence-corrected chi connectivity index (χ2v) is 4.72. The quantitative estimate of drug-likeness (QED) is 0.868. The van der Waals surface area contributed by atoms with Crippen LogP contribution >= 0.6 is 0 Å². The van der Waals surface area contributed by atoms with E-state index in [1.807, 2.05) is 17.9 Å². The van der Waals surface area contributed by atoms with Crippen molar-refractivity contribution in [1.29, 1.82) is 0 Å². The van der Waals surface area contributed by atoms with Gasteiger partial charge in [-0.2, -0.15) is 5.10 Å². The van der Waals surface area contributed by atoms with Gasteiger partial charge in [-0.3, -0.25) is 9.48 Å². The average Bonchev–Trinajstić information content (AvgIpc) is 3.03. The van der Waals surface area contributed by atoms with Crippen molar-refractivity contribution in [2.24, 2.45) is 5.73 Å². The Labute approximate surface area is 108 Å². The maximum Gasteiger partial charge on any atom is 0.272 e. The van der Waals surface area contributed by atoms with Crippen molar-refractivity contribution in [2.45, 2.75) is 45.7 Å². The lowest BCUT2D eigenvalue weighted by atomic mass is 10.2. The van der Waals surface area contributed by atoms with Crippen molar-refractivity contribution >= 4 is 5.91 Å². The monoisotopic (exact) mass is 250 g/mol. The lowest BCUT2D eigenvalue weighted by Gasteiger charge is -2.23. The Hall–Kier alpha value is -1.36. The van der Waals surface area contributed by atoms with Crippen LogP contribution in [0, 0.1) is 0 Å². The highest BCUT2D eigenvalue weighted by Gasteiger charge is 2.30. The molecule has 2 rings (SSSR count). The predicted octanol–water partition coefficient (Wildman–Crippen LogP) is 1.03. The van der Waals surface area contributed by atoms with E-state index < -0.39 is 0 Å². The van der Waals surface area contributed by atoms with Crippen LogP contribution in [0.5, 0.6) is 0 Å². The van der Waals surface area contributed by atoms with Crippen molar-refractivity contribution in [3.8, 4) is 0 Å². The van der Waals surface area contributed by atoms with Gasteiger partial charge in [0.25, 0.3) is 5.91 Å². The minimum atomic E-state index is 0.0806. The van der Waals surface area contributed by atoms with E-state index in [0.717, 1.165) is 38.0 Å². The van der Waals surface area contributed by atoms with Crippen LogP contribution in [0.4, 0.5) is 0 Å². The normalized spacial score (nSPS) is 19.5. The summed E-state index contributed by atoms with van der Waals surface area (Å²) in [5.74, 6) is 0.0806. The number of aromatic nitrogens is 2. The van der Waals surface area contributed by atoms with E-state index in [0.29, 0.717) is 12.2 Å². The molecule has 0 spiro atoms. The zero-order valence-corrected chi connectivity index (χ0v) is 11.2. The molecule has 1 aliphatic rings. The molecule has 5 heteroatoms. The first-order valence-corrected chi connectivity index (χ1v) is 6.79. The highest BCUT2D eigenvalue weighted by atomic mass is 16.2. The van der Waals surface area contributed by atoms with E-state index in [4.69, 9.17) is 5.73 Å². The van der Waals surface area contributed by atoms with E-state index >= 15 is 0 Å². The van der Waals surface area contributed by atoms with Crippen molar-refractivity contribution in [1.82, 2.24) is 14.7 Å². The van der Waals surface area contributed by atoms with E-state index in [1.54, 1.807) is 4.68 Å². The summed E-state index contributed by atoms with van der Waals surface area (Å²) in [6, 6.07) is 2.11. The number of carbonyl (C=O) groups excluding carboxylic acids is 1. The number of hydrogen-bond donors (Lipinski definition) is 1. The van der Waals surface area contributed by atoms with E-state index in [9.17, 15) is 4.79 Å². The molecule has 0 aliphatic carbocycles. The Balaban J connectivity index is 2.24. The molecule has 1 saturated heterocycles. The third-order valence-corrected chi connectivity index (χ3v) is 3.62. The Morgan fingerprint density at radius 1 is 1.56 bits per heavy atom. The molecule has 0 radical (unpaired) electrons. The van der Waals surface area contributed by atoms with Gasteiger partial charge in [0.05, 0.1) is 5.69 Å². The maximum atomic E-state index is 12.5. The zero-order chi connectivity index (χ0) is 13.1. The molecule has 1 aromatic heterocycles. The molecule has 1 fully saturated rings.